The first-order chi connectivity index (χ1) is 8.83. The second kappa shape index (κ2) is 5.89. The Hall–Kier alpha value is -0.120. The van der Waals surface area contributed by atoms with Gasteiger partial charge in [-0.05, 0) is 71.1 Å². The highest BCUT2D eigenvalue weighted by Crippen LogP contribution is 2.34. The van der Waals surface area contributed by atoms with Crippen LogP contribution in [0.2, 0.25) is 0 Å². The molecule has 0 radical (unpaired) electrons. The van der Waals surface area contributed by atoms with Crippen LogP contribution in [0.1, 0.15) is 51.4 Å². The number of piperidine rings is 2. The predicted molar refractivity (Wildman–Crippen MR) is 75.6 cm³/mol. The molecule has 3 aliphatic rings. The average Bonchev–Trinajstić information content (AvgIpc) is 2.63. The number of nitrogens with two attached hydrogens (primary N) is 1. The van der Waals surface area contributed by atoms with Gasteiger partial charge in [-0.2, -0.15) is 0 Å². The fourth-order valence-electron chi connectivity index (χ4n) is 4.34. The summed E-state index contributed by atoms with van der Waals surface area (Å²) in [5, 5.41) is 0. The smallest absolute Gasteiger partial charge is 0.0113 e. The molecule has 104 valence electrons. The van der Waals surface area contributed by atoms with Crippen molar-refractivity contribution < 1.29 is 0 Å². The van der Waals surface area contributed by atoms with Crippen LogP contribution in [0.3, 0.4) is 0 Å². The van der Waals surface area contributed by atoms with E-state index in [-0.39, 0.29) is 0 Å². The molecular formula is C15H29N3. The summed E-state index contributed by atoms with van der Waals surface area (Å²) in [6.45, 7) is 5.33. The van der Waals surface area contributed by atoms with Crippen molar-refractivity contribution in [3.8, 4) is 0 Å². The molecule has 0 aromatic heterocycles. The third kappa shape index (κ3) is 2.89. The Labute approximate surface area is 112 Å². The summed E-state index contributed by atoms with van der Waals surface area (Å²) >= 11 is 0. The van der Waals surface area contributed by atoms with Crippen LogP contribution in [-0.4, -0.2) is 54.1 Å². The third-order valence-corrected chi connectivity index (χ3v) is 5.26. The molecule has 0 aromatic carbocycles. The van der Waals surface area contributed by atoms with E-state index in [1.807, 2.05) is 0 Å². The van der Waals surface area contributed by atoms with Crippen LogP contribution >= 0.6 is 0 Å². The molecule has 2 unspecified atom stereocenters. The summed E-state index contributed by atoms with van der Waals surface area (Å²) in [7, 11) is 0. The zero-order valence-electron chi connectivity index (χ0n) is 11.7. The van der Waals surface area contributed by atoms with E-state index in [0.717, 1.165) is 12.1 Å². The van der Waals surface area contributed by atoms with Crippen molar-refractivity contribution in [2.24, 2.45) is 5.73 Å². The average molecular weight is 251 g/mol. The highest BCUT2D eigenvalue weighted by Gasteiger charge is 2.38. The van der Waals surface area contributed by atoms with Crippen LogP contribution in [0.4, 0.5) is 0 Å². The Balaban J connectivity index is 1.40. The Morgan fingerprint density at radius 1 is 0.889 bits per heavy atom. The summed E-state index contributed by atoms with van der Waals surface area (Å²) in [5.74, 6) is 0. The lowest BCUT2D eigenvalue weighted by Crippen LogP contribution is -2.48. The summed E-state index contributed by atoms with van der Waals surface area (Å²) in [4.78, 5) is 5.45. The summed E-state index contributed by atoms with van der Waals surface area (Å²) < 4.78 is 0. The lowest BCUT2D eigenvalue weighted by atomic mass is 9.98. The fourth-order valence-corrected chi connectivity index (χ4v) is 4.34. The molecule has 0 aliphatic carbocycles. The van der Waals surface area contributed by atoms with Gasteiger partial charge in [-0.1, -0.05) is 6.42 Å². The van der Waals surface area contributed by atoms with E-state index in [1.165, 1.54) is 77.5 Å². The van der Waals surface area contributed by atoms with Crippen molar-refractivity contribution in [3.63, 3.8) is 0 Å². The molecule has 18 heavy (non-hydrogen) atoms. The second-order valence-corrected chi connectivity index (χ2v) is 6.61. The van der Waals surface area contributed by atoms with Crippen molar-refractivity contribution in [1.29, 1.82) is 0 Å². The van der Waals surface area contributed by atoms with Gasteiger partial charge >= 0.3 is 0 Å². The first-order valence-corrected chi connectivity index (χ1v) is 8.06. The maximum absolute atomic E-state index is 6.13. The van der Waals surface area contributed by atoms with Gasteiger partial charge in [0.1, 0.15) is 0 Å². The first-order valence-electron chi connectivity index (χ1n) is 8.06. The maximum atomic E-state index is 6.13. The molecule has 3 saturated heterocycles. The Bertz CT molecular complexity index is 248. The normalized spacial score (nSPS) is 38.2. The van der Waals surface area contributed by atoms with Gasteiger partial charge in [0.15, 0.2) is 0 Å². The van der Waals surface area contributed by atoms with E-state index in [9.17, 15) is 0 Å². The van der Waals surface area contributed by atoms with Crippen LogP contribution in [0.25, 0.3) is 0 Å². The molecule has 3 fully saturated rings. The van der Waals surface area contributed by atoms with Crippen LogP contribution in [0, 0.1) is 0 Å². The van der Waals surface area contributed by atoms with Gasteiger partial charge in [0.25, 0.3) is 0 Å². The Morgan fingerprint density at radius 2 is 1.56 bits per heavy atom. The molecule has 0 spiro atoms. The number of hydrogen-bond acceptors (Lipinski definition) is 3. The van der Waals surface area contributed by atoms with Crippen LogP contribution in [0.5, 0.6) is 0 Å². The zero-order chi connectivity index (χ0) is 12.4. The fraction of sp³-hybridized carbons (Fsp3) is 1.00. The van der Waals surface area contributed by atoms with E-state index in [2.05, 4.69) is 9.80 Å². The van der Waals surface area contributed by atoms with Gasteiger partial charge in [0, 0.05) is 18.1 Å². The molecule has 0 amide bonds. The van der Waals surface area contributed by atoms with Gasteiger partial charge in [0.05, 0.1) is 0 Å². The van der Waals surface area contributed by atoms with Crippen molar-refractivity contribution in [1.82, 2.24) is 9.80 Å². The van der Waals surface area contributed by atoms with Crippen molar-refractivity contribution in [2.75, 3.05) is 26.2 Å². The summed E-state index contributed by atoms with van der Waals surface area (Å²) in [6, 6.07) is 2.13. The minimum Gasteiger partial charge on any atom is -0.328 e. The van der Waals surface area contributed by atoms with E-state index < -0.39 is 0 Å². The number of fused-ring (bicyclic) bond motifs is 2. The SMILES string of the molecule is NC1CC2CCC(C1)N2CCCN1CCCCC1. The van der Waals surface area contributed by atoms with Crippen LogP contribution < -0.4 is 5.73 Å². The first kappa shape index (κ1) is 12.9. The monoisotopic (exact) mass is 251 g/mol. The molecule has 3 aliphatic heterocycles. The molecule has 0 aromatic rings. The van der Waals surface area contributed by atoms with Gasteiger partial charge in [-0.15, -0.1) is 0 Å². The van der Waals surface area contributed by atoms with Gasteiger partial charge < -0.3 is 10.6 Å². The molecule has 3 rings (SSSR count). The topological polar surface area (TPSA) is 32.5 Å². The minimum atomic E-state index is 0.487. The van der Waals surface area contributed by atoms with Crippen molar-refractivity contribution in [2.45, 2.75) is 69.5 Å². The van der Waals surface area contributed by atoms with E-state index in [4.69, 9.17) is 5.73 Å². The quantitative estimate of drug-likeness (QED) is 0.827. The number of hydrogen-bond donors (Lipinski definition) is 1. The molecule has 2 atom stereocenters. The van der Waals surface area contributed by atoms with E-state index in [0.29, 0.717) is 6.04 Å². The number of likely N-dealkylation sites (tertiary alicyclic amines) is 1. The van der Waals surface area contributed by atoms with Gasteiger partial charge in [-0.3, -0.25) is 4.90 Å². The largest absolute Gasteiger partial charge is 0.328 e. The third-order valence-electron chi connectivity index (χ3n) is 5.26. The van der Waals surface area contributed by atoms with E-state index >= 15 is 0 Å². The van der Waals surface area contributed by atoms with E-state index in [1.54, 1.807) is 0 Å². The second-order valence-electron chi connectivity index (χ2n) is 6.61. The van der Waals surface area contributed by atoms with Gasteiger partial charge in [-0.25, -0.2) is 0 Å². The molecule has 2 bridgehead atoms. The zero-order valence-corrected chi connectivity index (χ0v) is 11.7. The highest BCUT2D eigenvalue weighted by atomic mass is 15.2. The summed E-state index contributed by atoms with van der Waals surface area (Å²) in [5.41, 5.74) is 6.13. The lowest BCUT2D eigenvalue weighted by molar-refractivity contribution is 0.117. The Kier molecular flexibility index (Phi) is 4.22. The molecule has 3 heterocycles. The van der Waals surface area contributed by atoms with Crippen molar-refractivity contribution >= 4 is 0 Å². The molecule has 3 nitrogen and oxygen atoms in total. The lowest BCUT2D eigenvalue weighted by Gasteiger charge is -2.38. The summed E-state index contributed by atoms with van der Waals surface area (Å²) in [6.07, 6.45) is 11.0. The van der Waals surface area contributed by atoms with Crippen LogP contribution in [0.15, 0.2) is 0 Å². The van der Waals surface area contributed by atoms with Gasteiger partial charge in [0.2, 0.25) is 0 Å². The molecule has 0 saturated carbocycles. The minimum absolute atomic E-state index is 0.487. The standard InChI is InChI=1S/C15H29N3/c16-13-11-14-5-6-15(12-13)18(14)10-4-9-17-7-2-1-3-8-17/h13-15H,1-12,16H2. The number of rotatable bonds is 4. The number of nitrogens with zero attached hydrogens (tertiary/aromatic N) is 2. The molecule has 2 N–H and O–H groups in total. The van der Waals surface area contributed by atoms with Crippen molar-refractivity contribution in [3.05, 3.63) is 0 Å². The molecular weight excluding hydrogens is 222 g/mol. The molecule has 3 heteroatoms. The predicted octanol–water partition coefficient (Wildman–Crippen LogP) is 1.82. The highest BCUT2D eigenvalue weighted by molar-refractivity contribution is 4.96. The Morgan fingerprint density at radius 3 is 2.22 bits per heavy atom. The van der Waals surface area contributed by atoms with Crippen LogP contribution in [-0.2, 0) is 0 Å². The maximum Gasteiger partial charge on any atom is 0.0113 e.